The van der Waals surface area contributed by atoms with E-state index in [9.17, 15) is 0 Å². The second-order valence-electron chi connectivity index (χ2n) is 1.38. The minimum absolute atomic E-state index is 1.88. The van der Waals surface area contributed by atoms with Gasteiger partial charge in [-0.3, -0.25) is 0 Å². The monoisotopic (exact) mass is 319 g/mol. The van der Waals surface area contributed by atoms with Crippen LogP contribution in [0.5, 0.6) is 0 Å². The van der Waals surface area contributed by atoms with Gasteiger partial charge >= 0.3 is 49.6 Å². The summed E-state index contributed by atoms with van der Waals surface area (Å²) in [5, 5.41) is 0. The SMILES string of the molecule is [Cl][Ru]([Cl])([Cl])[Cl].[c-]1ccccc1. The van der Waals surface area contributed by atoms with Gasteiger partial charge in [0.15, 0.2) is 0 Å². The van der Waals surface area contributed by atoms with Crippen molar-refractivity contribution in [2.24, 2.45) is 0 Å². The molecule has 0 fully saturated rings. The Labute approximate surface area is 85.4 Å². The molecule has 0 amide bonds. The van der Waals surface area contributed by atoms with Gasteiger partial charge in [-0.2, -0.15) is 36.4 Å². The van der Waals surface area contributed by atoms with E-state index in [0.29, 0.717) is 0 Å². The Morgan fingerprint density at radius 3 is 1.27 bits per heavy atom. The maximum Gasteiger partial charge on any atom is -0.171 e. The van der Waals surface area contributed by atoms with Crippen molar-refractivity contribution in [2.45, 2.75) is 0 Å². The maximum atomic E-state index is 5.00. The van der Waals surface area contributed by atoms with Crippen LogP contribution in [0, 0.1) is 6.07 Å². The largest absolute Gasteiger partial charge is 0.184 e. The van der Waals surface area contributed by atoms with Crippen LogP contribution in [-0.4, -0.2) is 0 Å². The summed E-state index contributed by atoms with van der Waals surface area (Å²) in [4.78, 5) is 0. The minimum atomic E-state index is -2.97. The van der Waals surface area contributed by atoms with E-state index in [0.717, 1.165) is 0 Å². The second-order valence-corrected chi connectivity index (χ2v) is 17.2. The van der Waals surface area contributed by atoms with E-state index >= 15 is 0 Å². The van der Waals surface area contributed by atoms with Crippen LogP contribution < -0.4 is 0 Å². The van der Waals surface area contributed by atoms with Crippen LogP contribution in [0.25, 0.3) is 0 Å². The summed E-state index contributed by atoms with van der Waals surface area (Å²) in [6.07, 6.45) is 0. The molecule has 0 saturated carbocycles. The summed E-state index contributed by atoms with van der Waals surface area (Å²) in [5.41, 5.74) is 0. The number of benzene rings is 1. The topological polar surface area (TPSA) is 0 Å². The molecule has 11 heavy (non-hydrogen) atoms. The number of rotatable bonds is 0. The van der Waals surface area contributed by atoms with E-state index in [2.05, 4.69) is 6.07 Å². The molecule has 1 rings (SSSR count). The van der Waals surface area contributed by atoms with Gasteiger partial charge in [0, 0.05) is 0 Å². The summed E-state index contributed by atoms with van der Waals surface area (Å²) >= 11 is 0. The smallest absolute Gasteiger partial charge is 0.171 e. The summed E-state index contributed by atoms with van der Waals surface area (Å²) < 4.78 is 0. The van der Waals surface area contributed by atoms with E-state index in [4.69, 9.17) is 38.8 Å². The molecule has 0 aliphatic rings. The van der Waals surface area contributed by atoms with Crippen molar-refractivity contribution >= 4 is 38.8 Å². The van der Waals surface area contributed by atoms with Gasteiger partial charge in [0.2, 0.25) is 0 Å². The van der Waals surface area contributed by atoms with Crippen molar-refractivity contribution in [1.29, 1.82) is 0 Å². The van der Waals surface area contributed by atoms with Crippen molar-refractivity contribution < 1.29 is 10.8 Å². The van der Waals surface area contributed by atoms with Gasteiger partial charge in [-0.05, 0) is 0 Å². The standard InChI is InChI=1S/C6H5.4ClH.Ru/c1-2-4-6-5-3-1;;;;;/h1-5H;4*1H;/q-1;;;;;+4/p-4. The fourth-order valence-corrected chi connectivity index (χ4v) is 0.342. The first-order chi connectivity index (χ1) is 5.00. The Kier molecular flexibility index (Phi) is 7.11. The zero-order chi connectivity index (χ0) is 8.74. The summed E-state index contributed by atoms with van der Waals surface area (Å²) in [7, 11) is 17.0. The third-order valence-corrected chi connectivity index (χ3v) is 0.607. The van der Waals surface area contributed by atoms with Crippen molar-refractivity contribution in [3.05, 3.63) is 36.4 Å². The van der Waals surface area contributed by atoms with Crippen LogP contribution in [0.2, 0.25) is 0 Å². The molecule has 0 bridgehead atoms. The summed E-state index contributed by atoms with van der Waals surface area (Å²) in [6.45, 7) is 0. The molecule has 0 aromatic heterocycles. The van der Waals surface area contributed by atoms with Crippen LogP contribution in [0.3, 0.4) is 0 Å². The van der Waals surface area contributed by atoms with Crippen molar-refractivity contribution in [3.8, 4) is 0 Å². The van der Waals surface area contributed by atoms with Crippen LogP contribution in [0.15, 0.2) is 30.3 Å². The predicted molar refractivity (Wildman–Crippen MR) is 48.7 cm³/mol. The van der Waals surface area contributed by atoms with Crippen molar-refractivity contribution in [3.63, 3.8) is 0 Å². The van der Waals surface area contributed by atoms with Crippen LogP contribution >= 0.6 is 38.8 Å². The summed E-state index contributed by atoms with van der Waals surface area (Å²) in [6, 6.07) is 12.5. The van der Waals surface area contributed by atoms with Gasteiger partial charge < -0.3 is 0 Å². The van der Waals surface area contributed by atoms with E-state index in [1.807, 2.05) is 30.3 Å². The van der Waals surface area contributed by atoms with Gasteiger partial charge in [0.25, 0.3) is 0 Å². The van der Waals surface area contributed by atoms with E-state index in [1.54, 1.807) is 0 Å². The Morgan fingerprint density at radius 1 is 0.818 bits per heavy atom. The van der Waals surface area contributed by atoms with Crippen LogP contribution in [0.4, 0.5) is 0 Å². The molecule has 1 aromatic carbocycles. The van der Waals surface area contributed by atoms with Gasteiger partial charge in [-0.25, -0.2) is 0 Å². The van der Waals surface area contributed by atoms with Gasteiger partial charge in [0.1, 0.15) is 0 Å². The molecule has 66 valence electrons. The molecular weight excluding hydrogens is 315 g/mol. The molecular formula is C6H5Cl4Ru-. The number of hydrogen-bond acceptors (Lipinski definition) is 0. The van der Waals surface area contributed by atoms with Gasteiger partial charge in [-0.1, -0.05) is 0 Å². The molecule has 0 heterocycles. The number of halogens is 4. The first-order valence-electron chi connectivity index (χ1n) is 2.45. The number of hydrogen-bond donors (Lipinski definition) is 0. The second kappa shape index (κ2) is 6.51. The Balaban J connectivity index is 0.000000187. The normalized spacial score (nSPS) is 11.3. The molecule has 0 saturated heterocycles. The first kappa shape index (κ1) is 12.0. The third kappa shape index (κ3) is 18.2. The first-order valence-corrected chi connectivity index (χ1v) is 11.4. The predicted octanol–water partition coefficient (Wildman–Crippen LogP) is 4.24. The van der Waals surface area contributed by atoms with E-state index in [-0.39, 0.29) is 0 Å². The fraction of sp³-hybridized carbons (Fsp3) is 0. The zero-order valence-electron chi connectivity index (χ0n) is 5.25. The van der Waals surface area contributed by atoms with Crippen molar-refractivity contribution in [2.75, 3.05) is 0 Å². The minimum Gasteiger partial charge on any atom is -0.184 e. The molecule has 0 spiro atoms. The molecule has 5 heteroatoms. The Bertz CT molecular complexity index is 139. The van der Waals surface area contributed by atoms with Crippen molar-refractivity contribution in [1.82, 2.24) is 0 Å². The molecule has 0 nitrogen and oxygen atoms in total. The van der Waals surface area contributed by atoms with Crippen LogP contribution in [0.1, 0.15) is 0 Å². The van der Waals surface area contributed by atoms with Gasteiger partial charge in [-0.15, -0.1) is 0 Å². The third-order valence-electron chi connectivity index (χ3n) is 0.607. The molecule has 0 N–H and O–H groups in total. The molecule has 0 unspecified atom stereocenters. The molecule has 0 radical (unpaired) electrons. The van der Waals surface area contributed by atoms with E-state index < -0.39 is 10.8 Å². The van der Waals surface area contributed by atoms with Gasteiger partial charge in [0.05, 0.1) is 0 Å². The van der Waals surface area contributed by atoms with Crippen LogP contribution in [-0.2, 0) is 10.8 Å². The zero-order valence-corrected chi connectivity index (χ0v) is 10.0. The average Bonchev–Trinajstić information content (AvgIpc) is 1.88. The maximum absolute atomic E-state index is 5.00. The molecule has 0 aliphatic heterocycles. The molecule has 0 atom stereocenters. The fourth-order valence-electron chi connectivity index (χ4n) is 0.342. The molecule has 1 aromatic rings. The average molecular weight is 320 g/mol. The Morgan fingerprint density at radius 2 is 1.18 bits per heavy atom. The Hall–Kier alpha value is 1.00. The summed E-state index contributed by atoms with van der Waals surface area (Å²) in [5.74, 6) is 0. The van der Waals surface area contributed by atoms with E-state index in [1.165, 1.54) is 0 Å². The quantitative estimate of drug-likeness (QED) is 0.495. The molecule has 0 aliphatic carbocycles.